The van der Waals surface area contributed by atoms with Gasteiger partial charge < -0.3 is 9.47 Å². The van der Waals surface area contributed by atoms with Crippen molar-refractivity contribution in [1.82, 2.24) is 25.0 Å². The van der Waals surface area contributed by atoms with Crippen LogP contribution in [-0.4, -0.2) is 38.0 Å². The van der Waals surface area contributed by atoms with Crippen molar-refractivity contribution in [2.45, 2.75) is 39.0 Å². The van der Waals surface area contributed by atoms with Crippen LogP contribution in [0.25, 0.3) is 10.9 Å². The molecule has 0 aliphatic heterocycles. The van der Waals surface area contributed by atoms with Crippen molar-refractivity contribution < 1.29 is 27.4 Å². The molecular formula is C31H27ClF3N5O3. The molecule has 0 radical (unpaired) electrons. The van der Waals surface area contributed by atoms with Crippen molar-refractivity contribution in [2.24, 2.45) is 7.05 Å². The first-order valence-electron chi connectivity index (χ1n) is 13.2. The Morgan fingerprint density at radius 3 is 2.28 bits per heavy atom. The van der Waals surface area contributed by atoms with E-state index in [0.29, 0.717) is 49.6 Å². The van der Waals surface area contributed by atoms with Crippen molar-refractivity contribution in [3.63, 3.8) is 0 Å². The van der Waals surface area contributed by atoms with Crippen LogP contribution in [0.15, 0.2) is 60.8 Å². The minimum absolute atomic E-state index is 0.162. The van der Waals surface area contributed by atoms with E-state index < -0.39 is 23.3 Å². The van der Waals surface area contributed by atoms with Gasteiger partial charge in [0.1, 0.15) is 5.69 Å². The third-order valence-electron chi connectivity index (χ3n) is 7.22. The number of nitrogens with zero attached hydrogens (tertiary/aromatic N) is 5. The van der Waals surface area contributed by atoms with Gasteiger partial charge in [0, 0.05) is 53.9 Å². The first-order chi connectivity index (χ1) is 20.3. The summed E-state index contributed by atoms with van der Waals surface area (Å²) in [5, 5.41) is 8.97. The zero-order valence-electron chi connectivity index (χ0n) is 24.0. The molecule has 0 saturated carbocycles. The van der Waals surface area contributed by atoms with E-state index in [0.717, 1.165) is 17.8 Å². The van der Waals surface area contributed by atoms with E-state index in [1.165, 1.54) is 37.0 Å². The van der Waals surface area contributed by atoms with Gasteiger partial charge in [-0.25, -0.2) is 9.67 Å². The number of benzene rings is 2. The number of aromatic nitrogens is 5. The van der Waals surface area contributed by atoms with Gasteiger partial charge in [0.05, 0.1) is 29.4 Å². The smallest absolute Gasteiger partial charge is 0.416 e. The molecule has 1 atom stereocenters. The van der Waals surface area contributed by atoms with Crippen LogP contribution in [0.4, 0.5) is 13.2 Å². The normalized spacial score (nSPS) is 13.1. The van der Waals surface area contributed by atoms with E-state index in [1.54, 1.807) is 25.2 Å². The number of esters is 1. The fraction of sp³-hybridized carbons (Fsp3) is 0.258. The fourth-order valence-electron chi connectivity index (χ4n) is 5.29. The van der Waals surface area contributed by atoms with Crippen molar-refractivity contribution in [2.75, 3.05) is 7.11 Å². The second-order valence-corrected chi connectivity index (χ2v) is 10.5. The number of pyridine rings is 2. The number of carbonyl (C=O) groups is 1. The largest absolute Gasteiger partial charge is 0.481 e. The number of methoxy groups -OCH3 is 1. The average Bonchev–Trinajstić information content (AvgIpc) is 3.39. The Hall–Kier alpha value is -4.51. The number of hydrogen-bond acceptors (Lipinski definition) is 7. The van der Waals surface area contributed by atoms with Gasteiger partial charge in [-0.2, -0.15) is 13.2 Å². The second kappa shape index (κ2) is 11.3. The highest BCUT2D eigenvalue weighted by Gasteiger charge is 2.45. The number of ether oxygens (including phenoxy) is 2. The Morgan fingerprint density at radius 2 is 1.70 bits per heavy atom. The monoisotopic (exact) mass is 609 g/mol. The lowest BCUT2D eigenvalue weighted by atomic mass is 9.81. The Bertz CT molecular complexity index is 1840. The van der Waals surface area contributed by atoms with Crippen molar-refractivity contribution in [3.05, 3.63) is 111 Å². The number of carbonyl (C=O) groups excluding carboxylic acids is 1. The number of halogens is 4. The van der Waals surface area contributed by atoms with E-state index >= 15 is 0 Å². The molecule has 5 rings (SSSR count). The molecule has 8 nitrogen and oxygen atoms in total. The van der Waals surface area contributed by atoms with Crippen molar-refractivity contribution in [1.29, 1.82) is 0 Å². The zero-order chi connectivity index (χ0) is 31.1. The van der Waals surface area contributed by atoms with Crippen LogP contribution in [0.2, 0.25) is 5.02 Å². The first kappa shape index (κ1) is 30.0. The van der Waals surface area contributed by atoms with E-state index in [2.05, 4.69) is 20.3 Å². The van der Waals surface area contributed by atoms with E-state index in [1.807, 2.05) is 26.0 Å². The molecule has 0 bridgehead atoms. The molecule has 222 valence electrons. The van der Waals surface area contributed by atoms with Crippen molar-refractivity contribution >= 4 is 28.5 Å². The number of hydrogen-bond donors (Lipinski definition) is 0. The summed E-state index contributed by atoms with van der Waals surface area (Å²) in [5.74, 6) is -0.311. The SMILES string of the molecule is COc1nc2ccc(C(OC(C)=O)(c3ccc(C)nc3C)c3cnnn3C)cc2c(Cl)c1Cc1ccc(C(F)(F)F)cc1. The topological polar surface area (TPSA) is 92.0 Å². The minimum Gasteiger partial charge on any atom is -0.481 e. The summed E-state index contributed by atoms with van der Waals surface area (Å²) in [6.45, 7) is 5.01. The van der Waals surface area contributed by atoms with E-state index in [-0.39, 0.29) is 12.3 Å². The minimum atomic E-state index is -4.45. The predicted molar refractivity (Wildman–Crippen MR) is 154 cm³/mol. The molecule has 12 heteroatoms. The molecule has 0 N–H and O–H groups in total. The summed E-state index contributed by atoms with van der Waals surface area (Å²) in [5.41, 5.74) is 2.33. The molecule has 3 heterocycles. The van der Waals surface area contributed by atoms with Gasteiger partial charge >= 0.3 is 12.1 Å². The number of aryl methyl sites for hydroxylation is 3. The summed E-state index contributed by atoms with van der Waals surface area (Å²) in [7, 11) is 3.14. The number of fused-ring (bicyclic) bond motifs is 1. The van der Waals surface area contributed by atoms with Crippen LogP contribution < -0.4 is 4.74 Å². The molecule has 0 saturated heterocycles. The second-order valence-electron chi connectivity index (χ2n) is 10.1. The highest BCUT2D eigenvalue weighted by molar-refractivity contribution is 6.36. The summed E-state index contributed by atoms with van der Waals surface area (Å²) in [4.78, 5) is 22.0. The van der Waals surface area contributed by atoms with Gasteiger partial charge in [0.25, 0.3) is 0 Å². The summed E-state index contributed by atoms with van der Waals surface area (Å²) in [6.07, 6.45) is -2.76. The maximum Gasteiger partial charge on any atom is 0.416 e. The summed E-state index contributed by atoms with van der Waals surface area (Å²) >= 11 is 7.01. The summed E-state index contributed by atoms with van der Waals surface area (Å²) < 4.78 is 52.6. The molecule has 5 aromatic rings. The molecule has 0 aliphatic rings. The maximum absolute atomic E-state index is 13.1. The molecule has 3 aromatic heterocycles. The molecule has 1 unspecified atom stereocenters. The highest BCUT2D eigenvalue weighted by Crippen LogP contribution is 2.44. The molecule has 0 aliphatic carbocycles. The van der Waals surface area contributed by atoms with E-state index in [9.17, 15) is 18.0 Å². The van der Waals surface area contributed by atoms with E-state index in [4.69, 9.17) is 21.1 Å². The number of rotatable bonds is 7. The molecule has 43 heavy (non-hydrogen) atoms. The molecule has 2 aromatic carbocycles. The van der Waals surface area contributed by atoms with Gasteiger partial charge in [-0.3, -0.25) is 9.78 Å². The first-order valence-corrected chi connectivity index (χ1v) is 13.5. The maximum atomic E-state index is 13.1. The Labute approximate surface area is 250 Å². The molecule has 0 fully saturated rings. The molecular weight excluding hydrogens is 583 g/mol. The van der Waals surface area contributed by atoms with Crippen LogP contribution >= 0.6 is 11.6 Å². The third kappa shape index (κ3) is 5.52. The third-order valence-corrected chi connectivity index (χ3v) is 7.65. The van der Waals surface area contributed by atoms with Gasteiger partial charge in [0.2, 0.25) is 11.5 Å². The standard InChI is InChI=1S/C31H27ClF3N5O3/c1-17-6-12-25(18(2)37-17)30(43-19(3)41,27-16-36-39-40(27)4)22-11-13-26-23(15-22)28(32)24(29(38-26)42-5)14-20-7-9-21(10-8-20)31(33,34)35/h6-13,15-16H,14H2,1-5H3. The Kier molecular flexibility index (Phi) is 7.87. The predicted octanol–water partition coefficient (Wildman–Crippen LogP) is 6.50. The fourth-order valence-corrected chi connectivity index (χ4v) is 5.59. The lowest BCUT2D eigenvalue weighted by Crippen LogP contribution is -2.37. The van der Waals surface area contributed by atoms with Crippen LogP contribution in [0.3, 0.4) is 0 Å². The lowest BCUT2D eigenvalue weighted by molar-refractivity contribution is -0.151. The van der Waals surface area contributed by atoms with Gasteiger partial charge in [-0.1, -0.05) is 41.1 Å². The molecule has 0 spiro atoms. The summed E-state index contributed by atoms with van der Waals surface area (Å²) in [6, 6.07) is 13.8. The average molecular weight is 610 g/mol. The molecule has 0 amide bonds. The van der Waals surface area contributed by atoms with Gasteiger partial charge in [-0.15, -0.1) is 5.10 Å². The Morgan fingerprint density at radius 1 is 1.00 bits per heavy atom. The van der Waals surface area contributed by atoms with Crippen LogP contribution in [-0.2, 0) is 34.8 Å². The quantitative estimate of drug-likeness (QED) is 0.194. The van der Waals surface area contributed by atoms with Gasteiger partial charge in [-0.05, 0) is 49.7 Å². The zero-order valence-corrected chi connectivity index (χ0v) is 24.7. The van der Waals surface area contributed by atoms with Crippen LogP contribution in [0.5, 0.6) is 5.88 Å². The van der Waals surface area contributed by atoms with Crippen LogP contribution in [0.1, 0.15) is 51.8 Å². The highest BCUT2D eigenvalue weighted by atomic mass is 35.5. The number of alkyl halides is 3. The lowest BCUT2D eigenvalue weighted by Gasteiger charge is -2.35. The van der Waals surface area contributed by atoms with Gasteiger partial charge in [0.15, 0.2) is 0 Å². The Balaban J connectivity index is 1.74. The van der Waals surface area contributed by atoms with Crippen LogP contribution in [0, 0.1) is 13.8 Å². The van der Waals surface area contributed by atoms with Crippen molar-refractivity contribution in [3.8, 4) is 5.88 Å².